The van der Waals surface area contributed by atoms with Gasteiger partial charge in [-0.1, -0.05) is 6.07 Å². The number of carbonyl (C=O) groups is 2. The standard InChI is InChI=1S/C17H19FN2O3/c1-11-2-5-13(6-14(11)18)16(22)19-9-17(10-19)7-15(21)20(23-17)8-12-3-4-12/h2,5-6,12H,3-4,7-10H2,1H3. The topological polar surface area (TPSA) is 49.9 Å². The summed E-state index contributed by atoms with van der Waals surface area (Å²) in [4.78, 5) is 31.8. The quantitative estimate of drug-likeness (QED) is 0.855. The fourth-order valence-corrected chi connectivity index (χ4v) is 3.23. The van der Waals surface area contributed by atoms with E-state index in [0.29, 0.717) is 43.1 Å². The van der Waals surface area contributed by atoms with Crippen LogP contribution in [0.15, 0.2) is 18.2 Å². The van der Waals surface area contributed by atoms with E-state index in [-0.39, 0.29) is 17.6 Å². The normalized spacial score (nSPS) is 22.6. The Labute approximate surface area is 134 Å². The molecular weight excluding hydrogens is 299 g/mol. The van der Waals surface area contributed by atoms with Crippen LogP contribution in [-0.2, 0) is 9.63 Å². The van der Waals surface area contributed by atoms with Crippen LogP contribution in [0.4, 0.5) is 4.39 Å². The Bertz CT molecular complexity index is 680. The molecule has 0 bridgehead atoms. The molecular formula is C17H19FN2O3. The van der Waals surface area contributed by atoms with Gasteiger partial charge in [0.1, 0.15) is 11.4 Å². The van der Waals surface area contributed by atoms with Crippen LogP contribution in [0.1, 0.15) is 35.2 Å². The summed E-state index contributed by atoms with van der Waals surface area (Å²) in [6, 6.07) is 4.50. The molecule has 2 heterocycles. The van der Waals surface area contributed by atoms with E-state index in [1.807, 2.05) is 0 Å². The van der Waals surface area contributed by atoms with Gasteiger partial charge in [-0.2, -0.15) is 0 Å². The number of likely N-dealkylation sites (tertiary alicyclic amines) is 1. The molecule has 3 fully saturated rings. The number of rotatable bonds is 3. The number of carbonyl (C=O) groups excluding carboxylic acids is 2. The third kappa shape index (κ3) is 2.61. The highest BCUT2D eigenvalue weighted by Crippen LogP contribution is 2.39. The van der Waals surface area contributed by atoms with Gasteiger partial charge in [0, 0.05) is 5.56 Å². The molecule has 6 heteroatoms. The Balaban J connectivity index is 1.39. The number of benzene rings is 1. The van der Waals surface area contributed by atoms with Gasteiger partial charge in [-0.3, -0.25) is 14.4 Å². The van der Waals surface area contributed by atoms with Crippen molar-refractivity contribution >= 4 is 11.8 Å². The number of hydrogen-bond acceptors (Lipinski definition) is 3. The zero-order chi connectivity index (χ0) is 16.2. The molecule has 4 rings (SSSR count). The van der Waals surface area contributed by atoms with Crippen molar-refractivity contribution in [1.29, 1.82) is 0 Å². The Hall–Kier alpha value is -1.95. The minimum atomic E-state index is -0.565. The van der Waals surface area contributed by atoms with E-state index >= 15 is 0 Å². The molecule has 2 amide bonds. The van der Waals surface area contributed by atoms with Gasteiger partial charge in [-0.15, -0.1) is 0 Å². The van der Waals surface area contributed by atoms with Gasteiger partial charge in [0.05, 0.1) is 26.1 Å². The van der Waals surface area contributed by atoms with Gasteiger partial charge in [0.15, 0.2) is 0 Å². The summed E-state index contributed by atoms with van der Waals surface area (Å²) in [5.41, 5.74) is 0.286. The van der Waals surface area contributed by atoms with Crippen LogP contribution in [-0.4, -0.2) is 47.0 Å². The molecule has 0 N–H and O–H groups in total. The van der Waals surface area contributed by atoms with E-state index in [2.05, 4.69) is 0 Å². The minimum absolute atomic E-state index is 0.00498. The van der Waals surface area contributed by atoms with Gasteiger partial charge in [-0.25, -0.2) is 9.45 Å². The number of hydroxylamine groups is 2. The number of amides is 2. The molecule has 2 aliphatic heterocycles. The first-order valence-corrected chi connectivity index (χ1v) is 8.01. The smallest absolute Gasteiger partial charge is 0.254 e. The van der Waals surface area contributed by atoms with Crippen LogP contribution in [0.2, 0.25) is 0 Å². The lowest BCUT2D eigenvalue weighted by molar-refractivity contribution is -0.230. The highest BCUT2D eigenvalue weighted by atomic mass is 19.1. The van der Waals surface area contributed by atoms with Crippen molar-refractivity contribution in [2.45, 2.75) is 31.8 Å². The molecule has 5 nitrogen and oxygen atoms in total. The maximum Gasteiger partial charge on any atom is 0.254 e. The molecule has 1 aromatic rings. The minimum Gasteiger partial charge on any atom is -0.332 e. The molecule has 0 radical (unpaired) electrons. The largest absolute Gasteiger partial charge is 0.332 e. The second-order valence-electron chi connectivity index (χ2n) is 6.97. The van der Waals surface area contributed by atoms with Gasteiger partial charge < -0.3 is 4.90 Å². The summed E-state index contributed by atoms with van der Waals surface area (Å²) in [6.45, 7) is 3.09. The summed E-state index contributed by atoms with van der Waals surface area (Å²) in [5, 5.41) is 1.48. The first-order valence-electron chi connectivity index (χ1n) is 8.01. The van der Waals surface area contributed by atoms with Crippen LogP contribution in [0.5, 0.6) is 0 Å². The maximum absolute atomic E-state index is 13.6. The van der Waals surface area contributed by atoms with Crippen LogP contribution in [0.25, 0.3) is 0 Å². The SMILES string of the molecule is Cc1ccc(C(=O)N2CC3(CC(=O)N(CC4CC4)O3)C2)cc1F. The lowest BCUT2D eigenvalue weighted by atomic mass is 9.90. The van der Waals surface area contributed by atoms with Crippen LogP contribution >= 0.6 is 0 Å². The predicted octanol–water partition coefficient (Wildman–Crippen LogP) is 1.90. The van der Waals surface area contributed by atoms with Crippen LogP contribution < -0.4 is 0 Å². The molecule has 1 aliphatic carbocycles. The third-order valence-electron chi connectivity index (χ3n) is 4.84. The zero-order valence-corrected chi connectivity index (χ0v) is 13.0. The summed E-state index contributed by atoms with van der Waals surface area (Å²) in [7, 11) is 0. The number of hydrogen-bond donors (Lipinski definition) is 0. The zero-order valence-electron chi connectivity index (χ0n) is 13.0. The average molecular weight is 318 g/mol. The van der Waals surface area contributed by atoms with Crippen molar-refractivity contribution in [2.75, 3.05) is 19.6 Å². The Kier molecular flexibility index (Phi) is 3.20. The van der Waals surface area contributed by atoms with E-state index in [1.54, 1.807) is 24.0 Å². The molecule has 23 heavy (non-hydrogen) atoms. The molecule has 2 saturated heterocycles. The fourth-order valence-electron chi connectivity index (χ4n) is 3.23. The van der Waals surface area contributed by atoms with Crippen LogP contribution in [0, 0.1) is 18.7 Å². The van der Waals surface area contributed by atoms with Crippen molar-refractivity contribution in [3.63, 3.8) is 0 Å². The summed E-state index contributed by atoms with van der Waals surface area (Å²) in [5.74, 6) is -0.0203. The molecule has 0 aromatic heterocycles. The maximum atomic E-state index is 13.6. The fraction of sp³-hybridized carbons (Fsp3) is 0.529. The highest BCUT2D eigenvalue weighted by molar-refractivity contribution is 5.95. The van der Waals surface area contributed by atoms with Crippen molar-refractivity contribution in [3.8, 4) is 0 Å². The van der Waals surface area contributed by atoms with Crippen molar-refractivity contribution in [2.24, 2.45) is 5.92 Å². The Morgan fingerprint density at radius 2 is 2.13 bits per heavy atom. The van der Waals surface area contributed by atoms with Gasteiger partial charge in [0.25, 0.3) is 5.91 Å². The number of nitrogens with zero attached hydrogens (tertiary/aromatic N) is 2. The molecule has 3 aliphatic rings. The van der Waals surface area contributed by atoms with E-state index in [1.165, 1.54) is 11.1 Å². The van der Waals surface area contributed by atoms with E-state index in [9.17, 15) is 14.0 Å². The molecule has 1 saturated carbocycles. The van der Waals surface area contributed by atoms with Crippen molar-refractivity contribution in [1.82, 2.24) is 9.96 Å². The van der Waals surface area contributed by atoms with Gasteiger partial charge in [0.2, 0.25) is 5.91 Å². The van der Waals surface area contributed by atoms with Gasteiger partial charge in [-0.05, 0) is 43.4 Å². The second kappa shape index (κ2) is 5.03. The van der Waals surface area contributed by atoms with Crippen molar-refractivity contribution < 1.29 is 18.8 Å². The highest BCUT2D eigenvalue weighted by Gasteiger charge is 2.55. The second-order valence-corrected chi connectivity index (χ2v) is 6.97. The lowest BCUT2D eigenvalue weighted by Gasteiger charge is -2.45. The average Bonchev–Trinajstić information content (AvgIpc) is 3.23. The van der Waals surface area contributed by atoms with E-state index < -0.39 is 5.60 Å². The molecule has 0 atom stereocenters. The van der Waals surface area contributed by atoms with E-state index in [0.717, 1.165) is 12.8 Å². The van der Waals surface area contributed by atoms with Crippen LogP contribution in [0.3, 0.4) is 0 Å². The van der Waals surface area contributed by atoms with Gasteiger partial charge >= 0.3 is 0 Å². The molecule has 0 unspecified atom stereocenters. The lowest BCUT2D eigenvalue weighted by Crippen LogP contribution is -2.63. The Morgan fingerprint density at radius 3 is 2.78 bits per heavy atom. The third-order valence-corrected chi connectivity index (χ3v) is 4.84. The number of halogens is 1. The number of aryl methyl sites for hydroxylation is 1. The van der Waals surface area contributed by atoms with Crippen molar-refractivity contribution in [3.05, 3.63) is 35.1 Å². The first-order chi connectivity index (χ1) is 11.0. The predicted molar refractivity (Wildman–Crippen MR) is 79.9 cm³/mol. The molecule has 122 valence electrons. The summed E-state index contributed by atoms with van der Waals surface area (Å²) in [6.07, 6.45) is 2.64. The first kappa shape index (κ1) is 14.6. The summed E-state index contributed by atoms with van der Waals surface area (Å²) < 4.78 is 13.6. The Morgan fingerprint density at radius 1 is 1.39 bits per heavy atom. The molecule has 1 spiro atoms. The monoisotopic (exact) mass is 318 g/mol. The summed E-state index contributed by atoms with van der Waals surface area (Å²) >= 11 is 0. The molecule has 1 aromatic carbocycles. The van der Waals surface area contributed by atoms with E-state index in [4.69, 9.17) is 4.84 Å².